The minimum atomic E-state index is -0.661. The van der Waals surface area contributed by atoms with Gasteiger partial charge in [-0.05, 0) is 50.5 Å². The molecular weight excluding hydrogens is 415 g/mol. The van der Waals surface area contributed by atoms with Crippen LogP contribution in [0.15, 0.2) is 34.9 Å². The van der Waals surface area contributed by atoms with Crippen molar-refractivity contribution in [2.75, 3.05) is 19.8 Å². The lowest BCUT2D eigenvalue weighted by molar-refractivity contribution is -0.132. The number of benzene rings is 1. The van der Waals surface area contributed by atoms with Crippen LogP contribution in [0.5, 0.6) is 0 Å². The molecule has 0 bridgehead atoms. The van der Waals surface area contributed by atoms with E-state index in [1.165, 1.54) is 17.0 Å². The standard InChI is InChI=1S/C23H25FN4O4/c1-13-10-27(11-21(29)28(13)17-6-7-32-12-17)23(31)18-8-16(4-5-19(18)24)9-20-14(2)15(3)22(30)26-25-20/h4-5,8,10,17H,6-7,9,11-12H2,1-3H3,(H,26,30)/t17-/m1/s1. The number of hydrogen-bond donors (Lipinski definition) is 1. The van der Waals surface area contributed by atoms with Crippen LogP contribution in [0.2, 0.25) is 0 Å². The number of ether oxygens (including phenoxy) is 1. The molecular formula is C23H25FN4O4. The Hall–Kier alpha value is -3.33. The van der Waals surface area contributed by atoms with Crippen molar-refractivity contribution < 1.29 is 18.7 Å². The second-order valence-electron chi connectivity index (χ2n) is 8.23. The summed E-state index contributed by atoms with van der Waals surface area (Å²) in [4.78, 5) is 40.4. The van der Waals surface area contributed by atoms with Gasteiger partial charge in [-0.25, -0.2) is 9.49 Å². The van der Waals surface area contributed by atoms with Crippen molar-refractivity contribution in [3.8, 4) is 0 Å². The maximum atomic E-state index is 14.6. The Balaban J connectivity index is 1.59. The molecule has 2 aromatic rings. The summed E-state index contributed by atoms with van der Waals surface area (Å²) in [5, 5.41) is 6.54. The van der Waals surface area contributed by atoms with Crippen molar-refractivity contribution in [2.24, 2.45) is 0 Å². The van der Waals surface area contributed by atoms with Crippen LogP contribution in [-0.4, -0.2) is 57.6 Å². The number of hydrogen-bond acceptors (Lipinski definition) is 5. The number of aromatic nitrogens is 2. The molecule has 0 aliphatic carbocycles. The summed E-state index contributed by atoms with van der Waals surface area (Å²) in [5.74, 6) is -1.46. The fourth-order valence-electron chi connectivity index (χ4n) is 4.14. The second-order valence-corrected chi connectivity index (χ2v) is 8.23. The Morgan fingerprint density at radius 2 is 2.03 bits per heavy atom. The Bertz CT molecular complexity index is 1170. The van der Waals surface area contributed by atoms with E-state index < -0.39 is 11.7 Å². The molecule has 1 N–H and O–H groups in total. The van der Waals surface area contributed by atoms with Gasteiger partial charge in [-0.3, -0.25) is 14.4 Å². The summed E-state index contributed by atoms with van der Waals surface area (Å²) >= 11 is 0. The maximum Gasteiger partial charge on any atom is 0.267 e. The van der Waals surface area contributed by atoms with Gasteiger partial charge in [-0.1, -0.05) is 6.07 Å². The number of nitrogens with one attached hydrogen (secondary N) is 1. The Labute approximate surface area is 184 Å². The number of allylic oxidation sites excluding steroid dienone is 1. The molecule has 1 saturated heterocycles. The van der Waals surface area contributed by atoms with Gasteiger partial charge in [0.25, 0.3) is 11.5 Å². The van der Waals surface area contributed by atoms with Crippen molar-refractivity contribution in [1.82, 2.24) is 20.0 Å². The van der Waals surface area contributed by atoms with E-state index in [1.807, 2.05) is 0 Å². The maximum absolute atomic E-state index is 14.6. The second kappa shape index (κ2) is 8.66. The Kier molecular flexibility index (Phi) is 5.92. The zero-order valence-corrected chi connectivity index (χ0v) is 18.3. The number of aromatic amines is 1. The van der Waals surface area contributed by atoms with E-state index in [9.17, 15) is 18.8 Å². The van der Waals surface area contributed by atoms with Gasteiger partial charge in [0.2, 0.25) is 5.91 Å². The van der Waals surface area contributed by atoms with Crippen LogP contribution in [0, 0.1) is 19.7 Å². The van der Waals surface area contributed by atoms with E-state index in [-0.39, 0.29) is 29.6 Å². The van der Waals surface area contributed by atoms with Crippen LogP contribution >= 0.6 is 0 Å². The van der Waals surface area contributed by atoms with E-state index in [2.05, 4.69) is 10.2 Å². The topological polar surface area (TPSA) is 95.6 Å². The normalized spacial score (nSPS) is 18.8. The van der Waals surface area contributed by atoms with Gasteiger partial charge in [-0.2, -0.15) is 5.10 Å². The Morgan fingerprint density at radius 1 is 1.25 bits per heavy atom. The molecule has 1 aromatic carbocycles. The van der Waals surface area contributed by atoms with Crippen molar-refractivity contribution >= 4 is 11.8 Å². The molecule has 9 heteroatoms. The quantitative estimate of drug-likeness (QED) is 0.785. The number of carbonyl (C=O) groups is 2. The van der Waals surface area contributed by atoms with Crippen molar-refractivity contribution in [2.45, 2.75) is 39.7 Å². The number of amides is 2. The molecule has 0 radical (unpaired) electrons. The third kappa shape index (κ3) is 4.08. The molecule has 4 rings (SSSR count). The first-order valence-corrected chi connectivity index (χ1v) is 10.5. The Morgan fingerprint density at radius 3 is 2.72 bits per heavy atom. The van der Waals surface area contributed by atoms with Gasteiger partial charge in [0, 0.05) is 30.5 Å². The average molecular weight is 440 g/mol. The lowest BCUT2D eigenvalue weighted by Crippen LogP contribution is -2.49. The fraction of sp³-hybridized carbons (Fsp3) is 0.391. The molecule has 32 heavy (non-hydrogen) atoms. The molecule has 168 valence electrons. The number of H-pyrrole nitrogens is 1. The molecule has 3 heterocycles. The molecule has 2 aliphatic rings. The van der Waals surface area contributed by atoms with E-state index in [4.69, 9.17) is 4.74 Å². The van der Waals surface area contributed by atoms with Crippen LogP contribution in [-0.2, 0) is 16.0 Å². The van der Waals surface area contributed by atoms with Crippen LogP contribution in [0.1, 0.15) is 46.1 Å². The van der Waals surface area contributed by atoms with Crippen LogP contribution in [0.3, 0.4) is 0 Å². The van der Waals surface area contributed by atoms with Crippen LogP contribution < -0.4 is 5.56 Å². The SMILES string of the molecule is CC1=CN(C(=O)c2cc(Cc3n[nH]c(=O)c(C)c3C)ccc2F)CC(=O)N1[C@@H]1CCOC1. The predicted molar refractivity (Wildman–Crippen MR) is 114 cm³/mol. The van der Waals surface area contributed by atoms with Gasteiger partial charge in [0.05, 0.1) is 23.9 Å². The molecule has 2 amide bonds. The monoisotopic (exact) mass is 440 g/mol. The van der Waals surface area contributed by atoms with Crippen molar-refractivity contribution in [3.05, 3.63) is 74.2 Å². The average Bonchev–Trinajstić information content (AvgIpc) is 3.28. The molecule has 1 aromatic heterocycles. The highest BCUT2D eigenvalue weighted by Crippen LogP contribution is 2.24. The van der Waals surface area contributed by atoms with E-state index in [0.717, 1.165) is 12.0 Å². The van der Waals surface area contributed by atoms with Gasteiger partial charge in [-0.15, -0.1) is 0 Å². The molecule has 0 unspecified atom stereocenters. The third-order valence-corrected chi connectivity index (χ3v) is 6.09. The lowest BCUT2D eigenvalue weighted by Gasteiger charge is -2.35. The predicted octanol–water partition coefficient (Wildman–Crippen LogP) is 2.05. The molecule has 0 spiro atoms. The lowest BCUT2D eigenvalue weighted by atomic mass is 10.0. The summed E-state index contributed by atoms with van der Waals surface area (Å²) in [5.41, 5.74) is 2.90. The zero-order valence-electron chi connectivity index (χ0n) is 18.3. The van der Waals surface area contributed by atoms with Crippen molar-refractivity contribution in [1.29, 1.82) is 0 Å². The molecule has 0 saturated carbocycles. The number of halogens is 1. The molecule has 1 fully saturated rings. The molecule has 8 nitrogen and oxygen atoms in total. The first-order valence-electron chi connectivity index (χ1n) is 10.5. The van der Waals surface area contributed by atoms with Gasteiger partial charge < -0.3 is 14.5 Å². The number of carbonyl (C=O) groups excluding carboxylic acids is 2. The van der Waals surface area contributed by atoms with Crippen LogP contribution in [0.25, 0.3) is 0 Å². The number of nitrogens with zero attached hydrogens (tertiary/aromatic N) is 3. The highest BCUT2D eigenvalue weighted by atomic mass is 19.1. The smallest absolute Gasteiger partial charge is 0.267 e. The number of rotatable bonds is 4. The van der Waals surface area contributed by atoms with Gasteiger partial charge in [0.1, 0.15) is 12.4 Å². The van der Waals surface area contributed by atoms with Crippen molar-refractivity contribution in [3.63, 3.8) is 0 Å². The molecule has 1 atom stereocenters. The molecule has 2 aliphatic heterocycles. The van der Waals surface area contributed by atoms with E-state index in [0.29, 0.717) is 42.2 Å². The highest BCUT2D eigenvalue weighted by Gasteiger charge is 2.34. The minimum absolute atomic E-state index is 0.0347. The van der Waals surface area contributed by atoms with E-state index >= 15 is 0 Å². The fourth-order valence-corrected chi connectivity index (χ4v) is 4.14. The summed E-state index contributed by atoms with van der Waals surface area (Å²) in [6, 6.07) is 4.26. The summed E-state index contributed by atoms with van der Waals surface area (Å²) < 4.78 is 20.0. The largest absolute Gasteiger partial charge is 0.379 e. The van der Waals surface area contributed by atoms with Gasteiger partial charge >= 0.3 is 0 Å². The minimum Gasteiger partial charge on any atom is -0.379 e. The summed E-state index contributed by atoms with van der Waals surface area (Å²) in [6.07, 6.45) is 2.66. The third-order valence-electron chi connectivity index (χ3n) is 6.09. The zero-order chi connectivity index (χ0) is 23.0. The van der Waals surface area contributed by atoms with E-state index in [1.54, 1.807) is 37.9 Å². The van der Waals surface area contributed by atoms with Gasteiger partial charge in [0.15, 0.2) is 0 Å². The summed E-state index contributed by atoms with van der Waals surface area (Å²) in [7, 11) is 0. The first-order chi connectivity index (χ1) is 15.3. The first kappa shape index (κ1) is 21.9. The summed E-state index contributed by atoms with van der Waals surface area (Å²) in [6.45, 7) is 6.19. The van der Waals surface area contributed by atoms with Crippen LogP contribution in [0.4, 0.5) is 4.39 Å². The highest BCUT2D eigenvalue weighted by molar-refractivity contribution is 5.98.